The third-order valence-corrected chi connectivity index (χ3v) is 4.54. The van der Waals surface area contributed by atoms with E-state index in [0.29, 0.717) is 12.4 Å². The van der Waals surface area contributed by atoms with E-state index in [0.717, 1.165) is 14.5 Å². The fourth-order valence-electron chi connectivity index (χ4n) is 1.86. The van der Waals surface area contributed by atoms with Gasteiger partial charge in [0, 0.05) is 15.5 Å². The standard InChI is InChI=1S/C11H11Br2N3O/c1-2-16-9(10(14)15-11(16)17)6-3-4-7(12)8(13)5-6/h3-5,9H,2H2,1H3,(H2,14,15,17). The quantitative estimate of drug-likeness (QED) is 0.881. The lowest BCUT2D eigenvalue weighted by Gasteiger charge is -2.23. The Morgan fingerprint density at radius 3 is 2.71 bits per heavy atom. The number of hydrogen-bond donors (Lipinski definition) is 1. The van der Waals surface area contributed by atoms with Crippen molar-refractivity contribution in [1.82, 2.24) is 4.90 Å². The van der Waals surface area contributed by atoms with Crippen molar-refractivity contribution in [3.05, 3.63) is 32.7 Å². The first kappa shape index (κ1) is 12.6. The normalized spacial score (nSPS) is 19.7. The lowest BCUT2D eigenvalue weighted by Crippen LogP contribution is -2.33. The lowest BCUT2D eigenvalue weighted by molar-refractivity contribution is 0.210. The maximum Gasteiger partial charge on any atom is 0.346 e. The number of likely N-dealkylation sites (N-methyl/N-ethyl adjacent to an activating group) is 1. The molecule has 90 valence electrons. The fraction of sp³-hybridized carbons (Fsp3) is 0.273. The van der Waals surface area contributed by atoms with E-state index in [2.05, 4.69) is 36.9 Å². The van der Waals surface area contributed by atoms with Gasteiger partial charge in [0.05, 0.1) is 0 Å². The lowest BCUT2D eigenvalue weighted by atomic mass is 10.1. The predicted octanol–water partition coefficient (Wildman–Crippen LogP) is 3.07. The molecule has 0 saturated heterocycles. The largest absolute Gasteiger partial charge is 0.385 e. The highest BCUT2D eigenvalue weighted by Crippen LogP contribution is 2.31. The smallest absolute Gasteiger partial charge is 0.346 e. The van der Waals surface area contributed by atoms with E-state index in [1.165, 1.54) is 0 Å². The van der Waals surface area contributed by atoms with Crippen molar-refractivity contribution in [2.45, 2.75) is 13.0 Å². The molecule has 2 amide bonds. The molecule has 1 aliphatic rings. The number of rotatable bonds is 2. The van der Waals surface area contributed by atoms with Crippen LogP contribution in [0, 0.1) is 0 Å². The van der Waals surface area contributed by atoms with Gasteiger partial charge in [-0.05, 0) is 56.5 Å². The molecule has 0 spiro atoms. The average molecular weight is 361 g/mol. The zero-order valence-electron chi connectivity index (χ0n) is 9.15. The number of amidine groups is 1. The van der Waals surface area contributed by atoms with Gasteiger partial charge in [-0.1, -0.05) is 6.07 Å². The molecular formula is C11H11Br2N3O. The van der Waals surface area contributed by atoms with Gasteiger partial charge in [0.2, 0.25) is 0 Å². The minimum Gasteiger partial charge on any atom is -0.385 e. The van der Waals surface area contributed by atoms with Gasteiger partial charge in [-0.2, -0.15) is 4.99 Å². The molecule has 0 radical (unpaired) electrons. The maximum atomic E-state index is 11.6. The number of urea groups is 1. The first-order valence-electron chi connectivity index (χ1n) is 5.14. The molecule has 1 heterocycles. The summed E-state index contributed by atoms with van der Waals surface area (Å²) in [6, 6.07) is 5.27. The Balaban J connectivity index is 2.42. The molecule has 0 bridgehead atoms. The predicted molar refractivity (Wildman–Crippen MR) is 74.0 cm³/mol. The molecule has 1 aromatic carbocycles. The van der Waals surface area contributed by atoms with E-state index in [1.54, 1.807) is 4.90 Å². The summed E-state index contributed by atoms with van der Waals surface area (Å²) in [4.78, 5) is 17.0. The van der Waals surface area contributed by atoms with E-state index < -0.39 is 0 Å². The van der Waals surface area contributed by atoms with E-state index in [-0.39, 0.29) is 12.1 Å². The highest BCUT2D eigenvalue weighted by Gasteiger charge is 2.33. The van der Waals surface area contributed by atoms with Crippen molar-refractivity contribution in [3.63, 3.8) is 0 Å². The number of carbonyl (C=O) groups excluding carboxylic acids is 1. The van der Waals surface area contributed by atoms with Crippen LogP contribution < -0.4 is 5.73 Å². The van der Waals surface area contributed by atoms with Crippen LogP contribution in [0.4, 0.5) is 4.79 Å². The Kier molecular flexibility index (Phi) is 3.53. The second-order valence-corrected chi connectivity index (χ2v) is 5.39. The molecule has 0 aromatic heterocycles. The molecular weight excluding hydrogens is 350 g/mol. The number of amides is 2. The number of hydrogen-bond acceptors (Lipinski definition) is 2. The summed E-state index contributed by atoms with van der Waals surface area (Å²) in [5.74, 6) is 0.353. The van der Waals surface area contributed by atoms with Gasteiger partial charge in [-0.3, -0.25) is 0 Å². The van der Waals surface area contributed by atoms with Gasteiger partial charge in [-0.25, -0.2) is 4.79 Å². The van der Waals surface area contributed by atoms with Crippen molar-refractivity contribution in [2.24, 2.45) is 10.7 Å². The molecule has 1 unspecified atom stereocenters. The van der Waals surface area contributed by atoms with Crippen molar-refractivity contribution in [3.8, 4) is 0 Å². The van der Waals surface area contributed by atoms with Gasteiger partial charge < -0.3 is 10.6 Å². The van der Waals surface area contributed by atoms with Crippen molar-refractivity contribution < 1.29 is 4.79 Å². The molecule has 2 rings (SSSR count). The molecule has 2 N–H and O–H groups in total. The van der Waals surface area contributed by atoms with Crippen molar-refractivity contribution >= 4 is 43.7 Å². The summed E-state index contributed by atoms with van der Waals surface area (Å²) in [7, 11) is 0. The Morgan fingerprint density at radius 2 is 2.12 bits per heavy atom. The summed E-state index contributed by atoms with van der Waals surface area (Å²) in [6.45, 7) is 2.49. The number of aliphatic imine (C=N–C) groups is 1. The monoisotopic (exact) mass is 359 g/mol. The van der Waals surface area contributed by atoms with E-state index in [9.17, 15) is 4.79 Å². The highest BCUT2D eigenvalue weighted by atomic mass is 79.9. The molecule has 1 aliphatic heterocycles. The fourth-order valence-corrected chi connectivity index (χ4v) is 2.50. The van der Waals surface area contributed by atoms with Gasteiger partial charge in [0.15, 0.2) is 0 Å². The zero-order valence-corrected chi connectivity index (χ0v) is 12.3. The van der Waals surface area contributed by atoms with Crippen LogP contribution in [0.5, 0.6) is 0 Å². The van der Waals surface area contributed by atoms with Gasteiger partial charge in [-0.15, -0.1) is 0 Å². The molecule has 1 atom stereocenters. The van der Waals surface area contributed by atoms with Crippen molar-refractivity contribution in [1.29, 1.82) is 0 Å². The number of nitrogens with two attached hydrogens (primary N) is 1. The van der Waals surface area contributed by atoms with Gasteiger partial charge >= 0.3 is 6.03 Å². The summed E-state index contributed by atoms with van der Waals surface area (Å²) in [6.07, 6.45) is 0. The van der Waals surface area contributed by atoms with Crippen LogP contribution >= 0.6 is 31.9 Å². The van der Waals surface area contributed by atoms with Crippen LogP contribution in [-0.2, 0) is 0 Å². The second-order valence-electron chi connectivity index (χ2n) is 3.68. The first-order valence-corrected chi connectivity index (χ1v) is 6.72. The number of benzene rings is 1. The SMILES string of the molecule is CCN1C(=O)N=C(N)C1c1ccc(Br)c(Br)c1. The minimum atomic E-state index is -0.269. The van der Waals surface area contributed by atoms with E-state index in [1.807, 2.05) is 25.1 Å². The number of nitrogens with zero attached hydrogens (tertiary/aromatic N) is 2. The Labute approximate surface area is 116 Å². The van der Waals surface area contributed by atoms with Crippen LogP contribution in [0.15, 0.2) is 32.1 Å². The summed E-state index contributed by atoms with van der Waals surface area (Å²) in [5, 5.41) is 0. The van der Waals surface area contributed by atoms with Gasteiger partial charge in [0.25, 0.3) is 0 Å². The number of halogens is 2. The maximum absolute atomic E-state index is 11.6. The molecule has 4 nitrogen and oxygen atoms in total. The Bertz CT molecular complexity index is 501. The van der Waals surface area contributed by atoms with Crippen LogP contribution in [0.25, 0.3) is 0 Å². The summed E-state index contributed by atoms with van der Waals surface area (Å²) >= 11 is 6.85. The van der Waals surface area contributed by atoms with Crippen LogP contribution in [0.2, 0.25) is 0 Å². The molecule has 17 heavy (non-hydrogen) atoms. The first-order chi connectivity index (χ1) is 8.04. The molecule has 0 saturated carbocycles. The van der Waals surface area contributed by atoms with Crippen LogP contribution in [0.3, 0.4) is 0 Å². The Morgan fingerprint density at radius 1 is 1.41 bits per heavy atom. The zero-order chi connectivity index (χ0) is 12.6. The van der Waals surface area contributed by atoms with Crippen LogP contribution in [-0.4, -0.2) is 23.3 Å². The van der Waals surface area contributed by atoms with Gasteiger partial charge in [0.1, 0.15) is 11.9 Å². The molecule has 1 aromatic rings. The minimum absolute atomic E-state index is 0.253. The summed E-state index contributed by atoms with van der Waals surface area (Å²) < 4.78 is 1.89. The molecule has 0 aliphatic carbocycles. The summed E-state index contributed by atoms with van der Waals surface area (Å²) in [5.41, 5.74) is 6.77. The third kappa shape index (κ3) is 2.24. The van der Waals surface area contributed by atoms with E-state index >= 15 is 0 Å². The number of carbonyl (C=O) groups is 1. The molecule has 6 heteroatoms. The van der Waals surface area contributed by atoms with Crippen LogP contribution in [0.1, 0.15) is 18.5 Å². The van der Waals surface area contributed by atoms with E-state index in [4.69, 9.17) is 5.73 Å². The topological polar surface area (TPSA) is 58.7 Å². The molecule has 0 fully saturated rings. The Hall–Kier alpha value is -0.880. The highest BCUT2D eigenvalue weighted by molar-refractivity contribution is 9.13. The average Bonchev–Trinajstić information content (AvgIpc) is 2.57. The third-order valence-electron chi connectivity index (χ3n) is 2.66. The second kappa shape index (κ2) is 4.78. The van der Waals surface area contributed by atoms with Crippen molar-refractivity contribution in [2.75, 3.05) is 6.54 Å².